The lowest BCUT2D eigenvalue weighted by Crippen LogP contribution is -2.32. The van der Waals surface area contributed by atoms with Crippen LogP contribution in [0.4, 0.5) is 0 Å². The molecule has 244 valence electrons. The molecular weight excluding hydrogens is 597 g/mol. The predicted molar refractivity (Wildman–Crippen MR) is 188 cm³/mol. The highest BCUT2D eigenvalue weighted by Gasteiger charge is 2.16. The zero-order valence-electron chi connectivity index (χ0n) is 27.6. The average Bonchev–Trinajstić information content (AvgIpc) is 3.06. The van der Waals surface area contributed by atoms with Gasteiger partial charge in [0.1, 0.15) is 25.1 Å². The summed E-state index contributed by atoms with van der Waals surface area (Å²) in [6.07, 6.45) is 28.8. The van der Waals surface area contributed by atoms with Gasteiger partial charge in [-0.05, 0) is 42.8 Å². The minimum atomic E-state index is -0.226. The minimum absolute atomic E-state index is 0.0783. The topological polar surface area (TPSA) is 51.1 Å². The van der Waals surface area contributed by atoms with Gasteiger partial charge < -0.3 is 4.18 Å². The van der Waals surface area contributed by atoms with Crippen molar-refractivity contribution >= 4 is 34.0 Å². The molecule has 0 amide bonds. The molecule has 0 unspecified atom stereocenters. The van der Waals surface area contributed by atoms with E-state index in [1.54, 1.807) is 24.3 Å². The van der Waals surface area contributed by atoms with Crippen molar-refractivity contribution in [3.63, 3.8) is 0 Å². The van der Waals surface area contributed by atoms with Gasteiger partial charge in [0.25, 0.3) is 5.12 Å². The summed E-state index contributed by atoms with van der Waals surface area (Å²) >= 11 is 2.00. The van der Waals surface area contributed by atoms with Gasteiger partial charge in [-0.15, -0.1) is 0 Å². The Balaban J connectivity index is 1.41. The van der Waals surface area contributed by atoms with E-state index in [9.17, 15) is 9.59 Å². The Morgan fingerprint density at radius 3 is 1.71 bits per heavy atom. The number of thioether (sulfide) groups is 1. The smallest absolute Gasteiger partial charge is 0.258 e. The Bertz CT molecular complexity index is 1280. The summed E-state index contributed by atoms with van der Waals surface area (Å²) < 4.78 is 10.1. The number of benzene rings is 1. The van der Waals surface area contributed by atoms with E-state index in [1.807, 2.05) is 42.9 Å². The number of carbonyl (C=O) groups excluding carboxylic acids is 2. The lowest BCUT2D eigenvalue weighted by molar-refractivity contribution is -0.699. The molecule has 0 spiro atoms. The Morgan fingerprint density at radius 2 is 1.11 bits per heavy atom. The van der Waals surface area contributed by atoms with Crippen LogP contribution in [0.3, 0.4) is 0 Å². The quantitative estimate of drug-likeness (QED) is 0.0442. The highest BCUT2D eigenvalue weighted by atomic mass is 32.2. The highest BCUT2D eigenvalue weighted by molar-refractivity contribution is 8.14. The fraction of sp³-hybridized carbons (Fsp3) is 0.526. The Morgan fingerprint density at radius 1 is 0.600 bits per heavy atom. The molecule has 0 saturated carbocycles. The van der Waals surface area contributed by atoms with Gasteiger partial charge >= 0.3 is 0 Å². The van der Waals surface area contributed by atoms with Gasteiger partial charge in [0, 0.05) is 36.1 Å². The van der Waals surface area contributed by atoms with Crippen molar-refractivity contribution in [3.05, 3.63) is 84.4 Å². The fourth-order valence-corrected chi connectivity index (χ4v) is 6.60. The van der Waals surface area contributed by atoms with Crippen molar-refractivity contribution in [3.8, 4) is 5.75 Å². The molecule has 0 aliphatic carbocycles. The number of aromatic nitrogens is 2. The Kier molecular flexibility index (Phi) is 18.7. The Labute approximate surface area is 280 Å². The summed E-state index contributed by atoms with van der Waals surface area (Å²) in [5, 5.41) is -0.304. The minimum Gasteiger partial charge on any atom is -0.411 e. The third-order valence-electron chi connectivity index (χ3n) is 7.96. The summed E-state index contributed by atoms with van der Waals surface area (Å²) in [6, 6.07) is 14.7. The van der Waals surface area contributed by atoms with Crippen LogP contribution in [0.2, 0.25) is 0 Å². The maximum atomic E-state index is 13.1. The van der Waals surface area contributed by atoms with Crippen molar-refractivity contribution in [1.82, 2.24) is 0 Å². The van der Waals surface area contributed by atoms with Crippen LogP contribution in [0.1, 0.15) is 137 Å². The third-order valence-corrected chi connectivity index (χ3v) is 9.52. The summed E-state index contributed by atoms with van der Waals surface area (Å²) in [4.78, 5) is 27.0. The van der Waals surface area contributed by atoms with Crippen LogP contribution in [0.25, 0.3) is 0 Å². The van der Waals surface area contributed by atoms with Crippen LogP contribution < -0.4 is 13.3 Å². The highest BCUT2D eigenvalue weighted by Crippen LogP contribution is 2.24. The zero-order valence-corrected chi connectivity index (χ0v) is 29.2. The molecule has 0 saturated heterocycles. The standard InChI is InChI=1S/C38H54N2O3S2/c1-3-5-7-9-11-13-15-17-26-39-28-20-24-35(31-39)43-45-38(42)34-23-19-22-33(30-34)37(41)44-36-25-21-29-40(32-36)27-18-16-14-12-10-8-6-4-2/h19-25,28-32H,3-18,26-27H2,1-2H3/q+2. The number of unbranched alkanes of at least 4 members (excludes halogenated alkanes) is 14. The molecule has 0 bridgehead atoms. The van der Waals surface area contributed by atoms with Crippen molar-refractivity contribution in [2.45, 2.75) is 135 Å². The molecule has 7 heteroatoms. The third kappa shape index (κ3) is 15.5. The number of rotatable bonds is 23. The molecule has 0 atom stereocenters. The van der Waals surface area contributed by atoms with E-state index in [0.29, 0.717) is 16.9 Å². The van der Waals surface area contributed by atoms with Gasteiger partial charge in [-0.2, -0.15) is 0 Å². The van der Waals surface area contributed by atoms with Crippen molar-refractivity contribution < 1.29 is 22.9 Å². The molecule has 3 aromatic rings. The van der Waals surface area contributed by atoms with Crippen LogP contribution in [0.5, 0.6) is 5.75 Å². The molecule has 45 heavy (non-hydrogen) atoms. The molecule has 1 aromatic carbocycles. The predicted octanol–water partition coefficient (Wildman–Crippen LogP) is 10.3. The second kappa shape index (κ2) is 22.8. The van der Waals surface area contributed by atoms with Gasteiger partial charge in [-0.3, -0.25) is 9.59 Å². The van der Waals surface area contributed by atoms with Gasteiger partial charge in [-0.1, -0.05) is 109 Å². The lowest BCUT2D eigenvalue weighted by Gasteiger charge is -2.05. The van der Waals surface area contributed by atoms with E-state index < -0.39 is 0 Å². The van der Waals surface area contributed by atoms with Gasteiger partial charge in [0.05, 0.1) is 4.90 Å². The molecule has 0 aliphatic rings. The number of hydrogen-bond acceptors (Lipinski definition) is 5. The van der Waals surface area contributed by atoms with Gasteiger partial charge in [0.2, 0.25) is 17.1 Å². The first-order valence-corrected chi connectivity index (χ1v) is 18.8. The van der Waals surface area contributed by atoms with Crippen LogP contribution in [-0.4, -0.2) is 10.2 Å². The second-order valence-electron chi connectivity index (χ2n) is 11.9. The molecule has 0 aliphatic heterocycles. The second-order valence-corrected chi connectivity index (χ2v) is 13.7. The lowest BCUT2D eigenvalue weighted by atomic mass is 10.1. The molecule has 5 nitrogen and oxygen atoms in total. The number of carbonyl (C=O) groups is 2. The van der Waals surface area contributed by atoms with Crippen molar-refractivity contribution in [2.75, 3.05) is 0 Å². The maximum Gasteiger partial charge on any atom is 0.258 e. The largest absolute Gasteiger partial charge is 0.411 e. The number of hydrogen-bond donors (Lipinski definition) is 0. The average molecular weight is 651 g/mol. The monoisotopic (exact) mass is 650 g/mol. The summed E-state index contributed by atoms with van der Waals surface area (Å²) in [6.45, 7) is 6.40. The number of pyridine rings is 2. The first-order valence-electron chi connectivity index (χ1n) is 17.3. The number of nitrogens with zero attached hydrogens (tertiary/aromatic N) is 2. The van der Waals surface area contributed by atoms with Crippen LogP contribution in [-0.2, 0) is 13.1 Å². The van der Waals surface area contributed by atoms with E-state index >= 15 is 0 Å². The maximum absolute atomic E-state index is 13.1. The van der Waals surface area contributed by atoms with Crippen LogP contribution in [0.15, 0.2) is 78.2 Å². The fourth-order valence-electron chi connectivity index (χ4n) is 5.31. The number of aryl methyl sites for hydroxylation is 2. The summed E-state index contributed by atoms with van der Waals surface area (Å²) in [5.74, 6) is 0.641. The molecule has 0 N–H and O–H groups in total. The molecule has 2 aromatic heterocycles. The summed E-state index contributed by atoms with van der Waals surface area (Å²) in [7, 11) is 0. The van der Waals surface area contributed by atoms with Crippen molar-refractivity contribution in [1.29, 1.82) is 0 Å². The van der Waals surface area contributed by atoms with Crippen LogP contribution in [0, 0.1) is 0 Å². The van der Waals surface area contributed by atoms with E-state index in [1.165, 1.54) is 102 Å². The normalized spacial score (nSPS) is 11.1. The van der Waals surface area contributed by atoms with E-state index in [-0.39, 0.29) is 10.2 Å². The van der Waals surface area contributed by atoms with E-state index in [2.05, 4.69) is 29.2 Å². The zero-order chi connectivity index (χ0) is 32.0. The summed E-state index contributed by atoms with van der Waals surface area (Å²) in [5.41, 5.74) is 0.958. The van der Waals surface area contributed by atoms with Crippen molar-refractivity contribution in [2.24, 2.45) is 0 Å². The molecule has 0 radical (unpaired) electrons. The SMILES string of the molecule is CCCCCCCCCC[n+]1cccc(OSC(=O)c2cccc(C(=O)Sc3ccc[n+](CCCCCCCCCC)c3)c2)c1. The van der Waals surface area contributed by atoms with E-state index in [4.69, 9.17) is 4.18 Å². The van der Waals surface area contributed by atoms with Gasteiger partial charge in [-0.25, -0.2) is 9.13 Å². The molecule has 0 fully saturated rings. The molecular formula is C38H54N2O3S2+2. The first-order chi connectivity index (χ1) is 22.1. The first kappa shape index (κ1) is 36.8. The van der Waals surface area contributed by atoms with Crippen LogP contribution >= 0.6 is 23.8 Å². The Hall–Kier alpha value is -2.64. The molecule has 2 heterocycles. The van der Waals surface area contributed by atoms with E-state index in [0.717, 1.165) is 42.9 Å². The van der Waals surface area contributed by atoms with Gasteiger partial charge in [0.15, 0.2) is 18.6 Å². The molecule has 3 rings (SSSR count).